The van der Waals surface area contributed by atoms with E-state index in [1.54, 1.807) is 18.2 Å². The summed E-state index contributed by atoms with van der Waals surface area (Å²) in [6, 6.07) is 12.4. The first kappa shape index (κ1) is 12.0. The van der Waals surface area contributed by atoms with E-state index in [2.05, 4.69) is 0 Å². The van der Waals surface area contributed by atoms with Crippen molar-refractivity contribution in [3.05, 3.63) is 58.7 Å². The van der Waals surface area contributed by atoms with Crippen molar-refractivity contribution in [1.82, 2.24) is 0 Å². The Balaban J connectivity index is 2.29. The number of benzene rings is 2. The van der Waals surface area contributed by atoms with Crippen molar-refractivity contribution < 1.29 is 10.2 Å². The fraction of sp³-hybridized carbons (Fsp3) is 0.133. The molecule has 0 bridgehead atoms. The van der Waals surface area contributed by atoms with Gasteiger partial charge in [0.25, 0.3) is 0 Å². The van der Waals surface area contributed by atoms with Gasteiger partial charge < -0.3 is 10.2 Å². The van der Waals surface area contributed by atoms with Crippen LogP contribution in [0.2, 0.25) is 0 Å². The SMILES string of the molecule is Cc1cc(Cc2ccc(O)c(C#N)c2)ccc1O. The number of nitrogens with zero attached hydrogens (tertiary/aromatic N) is 1. The van der Waals surface area contributed by atoms with Crippen molar-refractivity contribution in [3.63, 3.8) is 0 Å². The van der Waals surface area contributed by atoms with E-state index in [9.17, 15) is 10.2 Å². The lowest BCUT2D eigenvalue weighted by Crippen LogP contribution is -1.90. The van der Waals surface area contributed by atoms with Gasteiger partial charge in [-0.15, -0.1) is 0 Å². The van der Waals surface area contributed by atoms with Crippen LogP contribution >= 0.6 is 0 Å². The molecule has 0 saturated heterocycles. The minimum atomic E-state index is 0.00290. The molecule has 0 radical (unpaired) electrons. The molecule has 0 heterocycles. The first-order valence-corrected chi connectivity index (χ1v) is 5.60. The van der Waals surface area contributed by atoms with E-state index in [0.717, 1.165) is 16.7 Å². The van der Waals surface area contributed by atoms with Gasteiger partial charge in [0.2, 0.25) is 0 Å². The van der Waals surface area contributed by atoms with Crippen LogP contribution in [0, 0.1) is 18.3 Å². The van der Waals surface area contributed by atoms with Crippen LogP contribution in [0.25, 0.3) is 0 Å². The molecular formula is C15H13NO2. The Kier molecular flexibility index (Phi) is 3.20. The quantitative estimate of drug-likeness (QED) is 0.846. The lowest BCUT2D eigenvalue weighted by atomic mass is 10.0. The van der Waals surface area contributed by atoms with Crippen LogP contribution in [0.4, 0.5) is 0 Å². The molecule has 90 valence electrons. The monoisotopic (exact) mass is 239 g/mol. The van der Waals surface area contributed by atoms with Crippen LogP contribution < -0.4 is 0 Å². The van der Waals surface area contributed by atoms with Gasteiger partial charge in [0.05, 0.1) is 5.56 Å². The molecule has 18 heavy (non-hydrogen) atoms. The normalized spacial score (nSPS) is 10.0. The second kappa shape index (κ2) is 4.80. The second-order valence-electron chi connectivity index (χ2n) is 4.26. The van der Waals surface area contributed by atoms with E-state index >= 15 is 0 Å². The predicted molar refractivity (Wildman–Crippen MR) is 68.5 cm³/mol. The summed E-state index contributed by atoms with van der Waals surface area (Å²) in [7, 11) is 0. The van der Waals surface area contributed by atoms with E-state index in [4.69, 9.17) is 5.26 Å². The standard InChI is InChI=1S/C15H13NO2/c1-10-6-11(2-4-14(10)17)7-12-3-5-15(18)13(8-12)9-16/h2-6,8,17-18H,7H2,1H3. The molecule has 0 atom stereocenters. The lowest BCUT2D eigenvalue weighted by Gasteiger charge is -2.06. The van der Waals surface area contributed by atoms with Gasteiger partial charge >= 0.3 is 0 Å². The van der Waals surface area contributed by atoms with Crippen LogP contribution in [-0.2, 0) is 6.42 Å². The van der Waals surface area contributed by atoms with Crippen molar-refractivity contribution in [2.24, 2.45) is 0 Å². The summed E-state index contributed by atoms with van der Waals surface area (Å²) in [6.07, 6.45) is 0.663. The number of phenolic OH excluding ortho intramolecular Hbond substituents is 2. The van der Waals surface area contributed by atoms with Gasteiger partial charge in [-0.3, -0.25) is 0 Å². The maximum Gasteiger partial charge on any atom is 0.133 e. The molecule has 2 aromatic carbocycles. The molecule has 0 aliphatic heterocycles. The molecule has 0 aliphatic rings. The number of aromatic hydroxyl groups is 2. The third kappa shape index (κ3) is 2.44. The molecule has 2 N–H and O–H groups in total. The van der Waals surface area contributed by atoms with Crippen LogP contribution in [0.3, 0.4) is 0 Å². The van der Waals surface area contributed by atoms with Gasteiger partial charge in [0, 0.05) is 0 Å². The Bertz CT molecular complexity index is 627. The van der Waals surface area contributed by atoms with Crippen molar-refractivity contribution in [2.45, 2.75) is 13.3 Å². The Labute approximate surface area is 106 Å². The fourth-order valence-corrected chi connectivity index (χ4v) is 1.85. The maximum atomic E-state index is 9.45. The van der Waals surface area contributed by atoms with Gasteiger partial charge in [-0.25, -0.2) is 0 Å². The summed E-state index contributed by atoms with van der Waals surface area (Å²) in [6.45, 7) is 1.84. The minimum Gasteiger partial charge on any atom is -0.508 e. The predicted octanol–water partition coefficient (Wildman–Crippen LogP) is 2.87. The lowest BCUT2D eigenvalue weighted by molar-refractivity contribution is 0.471. The number of rotatable bonds is 2. The first-order chi connectivity index (χ1) is 8.60. The summed E-state index contributed by atoms with van der Waals surface area (Å²) in [5, 5.41) is 27.7. The van der Waals surface area contributed by atoms with E-state index in [1.807, 2.05) is 25.1 Å². The molecule has 0 aromatic heterocycles. The molecule has 0 aliphatic carbocycles. The molecule has 0 fully saturated rings. The highest BCUT2D eigenvalue weighted by atomic mass is 16.3. The number of hydrogen-bond acceptors (Lipinski definition) is 3. The number of phenols is 2. The molecule has 3 heteroatoms. The first-order valence-electron chi connectivity index (χ1n) is 5.60. The number of aryl methyl sites for hydroxylation is 1. The molecule has 0 saturated carbocycles. The molecule has 2 rings (SSSR count). The Morgan fingerprint density at radius 3 is 2.22 bits per heavy atom. The van der Waals surface area contributed by atoms with Gasteiger partial charge in [0.15, 0.2) is 0 Å². The number of hydrogen-bond donors (Lipinski definition) is 2. The van der Waals surface area contributed by atoms with Gasteiger partial charge in [0.1, 0.15) is 17.6 Å². The average molecular weight is 239 g/mol. The molecule has 2 aromatic rings. The zero-order chi connectivity index (χ0) is 13.1. The third-order valence-corrected chi connectivity index (χ3v) is 2.85. The van der Waals surface area contributed by atoms with E-state index in [-0.39, 0.29) is 17.1 Å². The largest absolute Gasteiger partial charge is 0.508 e. The van der Waals surface area contributed by atoms with Crippen LogP contribution in [0.1, 0.15) is 22.3 Å². The molecular weight excluding hydrogens is 226 g/mol. The highest BCUT2D eigenvalue weighted by Gasteiger charge is 2.04. The summed E-state index contributed by atoms with van der Waals surface area (Å²) in [5.41, 5.74) is 3.11. The average Bonchev–Trinajstić information content (AvgIpc) is 2.36. The zero-order valence-electron chi connectivity index (χ0n) is 10.0. The molecule has 3 nitrogen and oxygen atoms in total. The molecule has 0 unspecified atom stereocenters. The highest BCUT2D eigenvalue weighted by molar-refractivity contribution is 5.46. The summed E-state index contributed by atoms with van der Waals surface area (Å²) in [5.74, 6) is 0.283. The zero-order valence-corrected chi connectivity index (χ0v) is 10.0. The topological polar surface area (TPSA) is 64.2 Å². The summed E-state index contributed by atoms with van der Waals surface area (Å²) < 4.78 is 0. The fourth-order valence-electron chi connectivity index (χ4n) is 1.85. The maximum absolute atomic E-state index is 9.45. The van der Waals surface area contributed by atoms with Crippen LogP contribution in [-0.4, -0.2) is 10.2 Å². The van der Waals surface area contributed by atoms with E-state index in [0.29, 0.717) is 6.42 Å². The molecule has 0 amide bonds. The van der Waals surface area contributed by atoms with Crippen molar-refractivity contribution in [2.75, 3.05) is 0 Å². The van der Waals surface area contributed by atoms with Gasteiger partial charge in [-0.2, -0.15) is 5.26 Å². The summed E-state index contributed by atoms with van der Waals surface area (Å²) in [4.78, 5) is 0. The van der Waals surface area contributed by atoms with Crippen LogP contribution in [0.5, 0.6) is 11.5 Å². The summed E-state index contributed by atoms with van der Waals surface area (Å²) >= 11 is 0. The van der Waals surface area contributed by atoms with Gasteiger partial charge in [-0.05, 0) is 48.2 Å². The minimum absolute atomic E-state index is 0.00290. The number of nitriles is 1. The van der Waals surface area contributed by atoms with Gasteiger partial charge in [-0.1, -0.05) is 18.2 Å². The Hall–Kier alpha value is -2.47. The smallest absolute Gasteiger partial charge is 0.133 e. The Morgan fingerprint density at radius 2 is 1.61 bits per heavy atom. The Morgan fingerprint density at radius 1 is 1.00 bits per heavy atom. The van der Waals surface area contributed by atoms with E-state index in [1.165, 1.54) is 6.07 Å². The highest BCUT2D eigenvalue weighted by Crippen LogP contribution is 2.22. The van der Waals surface area contributed by atoms with E-state index < -0.39 is 0 Å². The van der Waals surface area contributed by atoms with Crippen LogP contribution in [0.15, 0.2) is 36.4 Å². The van der Waals surface area contributed by atoms with Crippen molar-refractivity contribution in [3.8, 4) is 17.6 Å². The molecule has 0 spiro atoms. The van der Waals surface area contributed by atoms with Crippen molar-refractivity contribution >= 4 is 0 Å². The van der Waals surface area contributed by atoms with Crippen molar-refractivity contribution in [1.29, 1.82) is 5.26 Å². The third-order valence-electron chi connectivity index (χ3n) is 2.85. The second-order valence-corrected chi connectivity index (χ2v) is 4.26.